The monoisotopic (exact) mass is 311 g/mol. The molecule has 2 aliphatic rings. The van der Waals surface area contributed by atoms with Crippen LogP contribution in [-0.4, -0.2) is 39.0 Å². The van der Waals surface area contributed by atoms with Crippen LogP contribution >= 0.6 is 15.9 Å². The first-order valence-corrected chi connectivity index (χ1v) is 7.18. The maximum Gasteiger partial charge on any atom is 0.0841 e. The molecule has 2 aliphatic heterocycles. The van der Waals surface area contributed by atoms with Gasteiger partial charge in [-0.3, -0.25) is 0 Å². The van der Waals surface area contributed by atoms with Crippen LogP contribution in [0.5, 0.6) is 0 Å². The summed E-state index contributed by atoms with van der Waals surface area (Å²) in [7, 11) is 0. The molecule has 98 valence electrons. The third-order valence-corrected chi connectivity index (χ3v) is 4.49. The lowest BCUT2D eigenvalue weighted by Crippen LogP contribution is -2.61. The number of morpholine rings is 1. The molecule has 2 heterocycles. The summed E-state index contributed by atoms with van der Waals surface area (Å²) in [6.07, 6.45) is 0.216. The number of benzene rings is 1. The van der Waals surface area contributed by atoms with Crippen LogP contribution in [-0.2, 0) is 14.9 Å². The first kappa shape index (κ1) is 12.6. The third-order valence-electron chi connectivity index (χ3n) is 4.00. The summed E-state index contributed by atoms with van der Waals surface area (Å²) in [6.45, 7) is 6.34. The second-order valence-electron chi connectivity index (χ2n) is 5.17. The molecule has 1 aromatic rings. The Balaban J connectivity index is 1.97. The molecule has 0 radical (unpaired) electrons. The molecule has 0 bridgehead atoms. The predicted octanol–water partition coefficient (Wildman–Crippen LogP) is 2.01. The van der Waals surface area contributed by atoms with Gasteiger partial charge in [0.05, 0.1) is 31.3 Å². The molecule has 1 aromatic carbocycles. The van der Waals surface area contributed by atoms with E-state index in [0.29, 0.717) is 0 Å². The van der Waals surface area contributed by atoms with E-state index in [1.807, 2.05) is 0 Å². The van der Waals surface area contributed by atoms with Crippen LogP contribution in [0, 0.1) is 6.92 Å². The quantitative estimate of drug-likeness (QED) is 0.906. The van der Waals surface area contributed by atoms with Crippen molar-refractivity contribution in [2.45, 2.75) is 18.4 Å². The van der Waals surface area contributed by atoms with Gasteiger partial charge >= 0.3 is 0 Å². The molecule has 1 unspecified atom stereocenters. The van der Waals surface area contributed by atoms with Crippen LogP contribution in [0.2, 0.25) is 0 Å². The van der Waals surface area contributed by atoms with Crippen LogP contribution in [0.3, 0.4) is 0 Å². The van der Waals surface area contributed by atoms with Crippen LogP contribution in [0.15, 0.2) is 22.7 Å². The Bertz CT molecular complexity index is 439. The van der Waals surface area contributed by atoms with E-state index in [1.54, 1.807) is 0 Å². The van der Waals surface area contributed by atoms with E-state index >= 15 is 0 Å². The summed E-state index contributed by atoms with van der Waals surface area (Å²) < 4.78 is 12.6. The second kappa shape index (κ2) is 4.93. The fourth-order valence-electron chi connectivity index (χ4n) is 2.89. The van der Waals surface area contributed by atoms with Gasteiger partial charge in [0.15, 0.2) is 0 Å². The van der Waals surface area contributed by atoms with Crippen LogP contribution in [0.4, 0.5) is 0 Å². The van der Waals surface area contributed by atoms with E-state index in [2.05, 4.69) is 46.4 Å². The van der Waals surface area contributed by atoms with Crippen molar-refractivity contribution >= 4 is 15.9 Å². The van der Waals surface area contributed by atoms with Crippen molar-refractivity contribution in [1.82, 2.24) is 5.32 Å². The number of hydrogen-bond acceptors (Lipinski definition) is 3. The Hall–Kier alpha value is -0.420. The maximum absolute atomic E-state index is 5.98. The second-order valence-corrected chi connectivity index (χ2v) is 6.09. The molecular formula is C14H18BrNO2. The van der Waals surface area contributed by atoms with Gasteiger partial charge in [-0.25, -0.2) is 0 Å². The van der Waals surface area contributed by atoms with Gasteiger partial charge in [-0.2, -0.15) is 0 Å². The number of ether oxygens (including phenoxy) is 2. The van der Waals surface area contributed by atoms with Crippen molar-refractivity contribution in [2.24, 2.45) is 0 Å². The molecule has 18 heavy (non-hydrogen) atoms. The van der Waals surface area contributed by atoms with E-state index in [4.69, 9.17) is 9.47 Å². The van der Waals surface area contributed by atoms with Crippen molar-refractivity contribution in [3.8, 4) is 0 Å². The number of nitrogens with one attached hydrogen (secondary N) is 1. The van der Waals surface area contributed by atoms with Gasteiger partial charge in [0, 0.05) is 17.6 Å². The molecule has 0 aromatic heterocycles. The summed E-state index contributed by atoms with van der Waals surface area (Å²) in [5.41, 5.74) is 2.70. The lowest BCUT2D eigenvalue weighted by Gasteiger charge is -2.49. The number of aryl methyl sites for hydroxylation is 1. The highest BCUT2D eigenvalue weighted by atomic mass is 79.9. The summed E-state index contributed by atoms with van der Waals surface area (Å²) in [6, 6.07) is 6.47. The third kappa shape index (κ3) is 2.01. The Morgan fingerprint density at radius 3 is 2.83 bits per heavy atom. The molecule has 0 spiro atoms. The summed E-state index contributed by atoms with van der Waals surface area (Å²) in [5, 5.41) is 3.42. The fraction of sp³-hybridized carbons (Fsp3) is 0.571. The highest BCUT2D eigenvalue weighted by molar-refractivity contribution is 9.10. The SMILES string of the molecule is Cc1ccc(Br)cc1C1(C2CNCCO2)COC1. The van der Waals surface area contributed by atoms with Crippen LogP contribution in [0.1, 0.15) is 11.1 Å². The molecule has 3 nitrogen and oxygen atoms in total. The maximum atomic E-state index is 5.98. The molecule has 4 heteroatoms. The van der Waals surface area contributed by atoms with Crippen LogP contribution in [0.25, 0.3) is 0 Å². The van der Waals surface area contributed by atoms with E-state index in [1.165, 1.54) is 11.1 Å². The minimum atomic E-state index is 0.0291. The van der Waals surface area contributed by atoms with Crippen molar-refractivity contribution in [3.05, 3.63) is 33.8 Å². The lowest BCUT2D eigenvalue weighted by atomic mass is 9.72. The Labute approximate surface area is 116 Å². The Morgan fingerprint density at radius 2 is 2.22 bits per heavy atom. The standard InChI is InChI=1S/C14H18BrNO2/c1-10-2-3-11(15)6-12(10)14(8-17-9-14)13-7-16-4-5-18-13/h2-3,6,13,16H,4-5,7-9H2,1H3. The van der Waals surface area contributed by atoms with E-state index < -0.39 is 0 Å². The molecule has 3 rings (SSSR count). The normalized spacial score (nSPS) is 26.7. The molecule has 1 N–H and O–H groups in total. The minimum Gasteiger partial charge on any atom is -0.379 e. The molecular weight excluding hydrogens is 294 g/mol. The van der Waals surface area contributed by atoms with Crippen molar-refractivity contribution in [1.29, 1.82) is 0 Å². The molecule has 2 fully saturated rings. The number of rotatable bonds is 2. The van der Waals surface area contributed by atoms with Crippen molar-refractivity contribution in [3.63, 3.8) is 0 Å². The number of halogens is 1. The highest BCUT2D eigenvalue weighted by Crippen LogP contribution is 2.40. The summed E-state index contributed by atoms with van der Waals surface area (Å²) in [4.78, 5) is 0. The van der Waals surface area contributed by atoms with Crippen molar-refractivity contribution in [2.75, 3.05) is 32.9 Å². The van der Waals surface area contributed by atoms with Crippen LogP contribution < -0.4 is 5.32 Å². The zero-order chi connectivity index (χ0) is 12.6. The zero-order valence-corrected chi connectivity index (χ0v) is 12.1. The Morgan fingerprint density at radius 1 is 1.39 bits per heavy atom. The summed E-state index contributed by atoms with van der Waals surface area (Å²) in [5.74, 6) is 0. The zero-order valence-electron chi connectivity index (χ0n) is 10.5. The highest BCUT2D eigenvalue weighted by Gasteiger charge is 2.49. The van der Waals surface area contributed by atoms with Gasteiger partial charge in [0.25, 0.3) is 0 Å². The first-order valence-electron chi connectivity index (χ1n) is 6.39. The minimum absolute atomic E-state index is 0.0291. The van der Waals surface area contributed by atoms with Gasteiger partial charge in [-0.15, -0.1) is 0 Å². The van der Waals surface area contributed by atoms with Gasteiger partial charge in [-0.1, -0.05) is 22.0 Å². The lowest BCUT2D eigenvalue weighted by molar-refractivity contribution is -0.146. The molecule has 2 saturated heterocycles. The average Bonchev–Trinajstić information content (AvgIpc) is 2.34. The largest absolute Gasteiger partial charge is 0.379 e. The molecule has 1 atom stereocenters. The van der Waals surface area contributed by atoms with Gasteiger partial charge in [-0.05, 0) is 30.2 Å². The average molecular weight is 312 g/mol. The molecule has 0 aliphatic carbocycles. The van der Waals surface area contributed by atoms with Crippen molar-refractivity contribution < 1.29 is 9.47 Å². The van der Waals surface area contributed by atoms with Gasteiger partial charge < -0.3 is 14.8 Å². The van der Waals surface area contributed by atoms with E-state index in [9.17, 15) is 0 Å². The van der Waals surface area contributed by atoms with E-state index in [0.717, 1.165) is 37.4 Å². The number of hydrogen-bond donors (Lipinski definition) is 1. The topological polar surface area (TPSA) is 30.5 Å². The predicted molar refractivity (Wildman–Crippen MR) is 74.0 cm³/mol. The first-order chi connectivity index (χ1) is 8.72. The summed E-state index contributed by atoms with van der Waals surface area (Å²) >= 11 is 3.57. The van der Waals surface area contributed by atoms with Gasteiger partial charge in [0.1, 0.15) is 0 Å². The molecule has 0 saturated carbocycles. The Kier molecular flexibility index (Phi) is 3.45. The smallest absolute Gasteiger partial charge is 0.0841 e. The fourth-order valence-corrected chi connectivity index (χ4v) is 3.25. The van der Waals surface area contributed by atoms with Gasteiger partial charge in [0.2, 0.25) is 0 Å². The molecule has 0 amide bonds. The van der Waals surface area contributed by atoms with E-state index in [-0.39, 0.29) is 11.5 Å².